The molecule has 204 valence electrons. The molecule has 1 unspecified atom stereocenters. The molecule has 2 aliphatic heterocycles. The van der Waals surface area contributed by atoms with Crippen LogP contribution in [-0.4, -0.2) is 62.1 Å². The molecule has 0 bridgehead atoms. The second-order valence-electron chi connectivity index (χ2n) is 10.7. The van der Waals surface area contributed by atoms with Crippen molar-refractivity contribution in [2.45, 2.75) is 63.4 Å². The van der Waals surface area contributed by atoms with Crippen molar-refractivity contribution in [3.8, 4) is 10.6 Å². The van der Waals surface area contributed by atoms with Crippen molar-refractivity contribution < 1.29 is 19.4 Å². The summed E-state index contributed by atoms with van der Waals surface area (Å²) in [6.45, 7) is 8.57. The first kappa shape index (κ1) is 26.8. The zero-order valence-corrected chi connectivity index (χ0v) is 22.9. The Bertz CT molecular complexity index is 1360. The number of carbonyl (C=O) groups excluding carboxylic acids is 2. The van der Waals surface area contributed by atoms with Gasteiger partial charge in [0.05, 0.1) is 21.6 Å². The topological polar surface area (TPSA) is 117 Å². The number of hydrogen-bond acceptors (Lipinski definition) is 9. The first-order chi connectivity index (χ1) is 18.7. The number of β-amino-alcohol motifs (C(OH)–C–C–N with tert-alkyl or cyclic N) is 1. The number of benzene rings is 1. The highest BCUT2D eigenvalue weighted by Crippen LogP contribution is 2.31. The van der Waals surface area contributed by atoms with Gasteiger partial charge in [0.1, 0.15) is 12.6 Å². The van der Waals surface area contributed by atoms with Gasteiger partial charge in [-0.3, -0.25) is 4.79 Å². The number of nitrogens with zero attached hydrogens (tertiary/aromatic N) is 3. The molecule has 0 spiro atoms. The van der Waals surface area contributed by atoms with Crippen molar-refractivity contribution >= 4 is 29.2 Å². The van der Waals surface area contributed by atoms with Crippen LogP contribution in [0.5, 0.6) is 0 Å². The molecule has 0 saturated carbocycles. The minimum atomic E-state index is -0.833. The average Bonchev–Trinajstić information content (AvgIpc) is 3.54. The number of aliphatic hydroxyl groups is 1. The molecule has 2 aliphatic rings. The third kappa shape index (κ3) is 6.46. The first-order valence-corrected chi connectivity index (χ1v) is 13.8. The molecule has 10 heteroatoms. The van der Waals surface area contributed by atoms with Gasteiger partial charge >= 0.3 is 5.97 Å². The van der Waals surface area contributed by atoms with Crippen LogP contribution in [0.4, 0.5) is 5.95 Å². The minimum Gasteiger partial charge on any atom is -0.459 e. The first-order valence-electron chi connectivity index (χ1n) is 13.0. The Labute approximate surface area is 231 Å². The summed E-state index contributed by atoms with van der Waals surface area (Å²) in [5.41, 5.74) is 2.47. The number of aliphatic hydroxyl groups excluding tert-OH is 1. The third-order valence-corrected chi connectivity index (χ3v) is 7.95. The molecule has 2 aromatic heterocycles. The number of aromatic nitrogens is 2. The number of hydrogen-bond donors (Lipinski definition) is 3. The van der Waals surface area contributed by atoms with E-state index in [0.717, 1.165) is 29.0 Å². The Hall–Kier alpha value is -3.76. The van der Waals surface area contributed by atoms with E-state index in [1.807, 2.05) is 36.4 Å². The molecule has 5 rings (SSSR count). The van der Waals surface area contributed by atoms with Crippen LogP contribution in [0, 0.1) is 0 Å². The summed E-state index contributed by atoms with van der Waals surface area (Å²) >= 11 is 1.29. The van der Waals surface area contributed by atoms with Gasteiger partial charge in [-0.05, 0) is 44.0 Å². The van der Waals surface area contributed by atoms with Gasteiger partial charge in [-0.25, -0.2) is 14.8 Å². The molecule has 2 saturated heterocycles. The second-order valence-corrected chi connectivity index (χ2v) is 11.8. The molecule has 3 aromatic rings. The molecule has 1 aromatic carbocycles. The van der Waals surface area contributed by atoms with Crippen LogP contribution in [0.25, 0.3) is 10.6 Å². The molecule has 3 N–H and O–H groups in total. The summed E-state index contributed by atoms with van der Waals surface area (Å²) in [5, 5.41) is 17.1. The second kappa shape index (κ2) is 11.2. The fourth-order valence-corrected chi connectivity index (χ4v) is 6.17. The van der Waals surface area contributed by atoms with E-state index in [9.17, 15) is 14.7 Å². The van der Waals surface area contributed by atoms with Crippen molar-refractivity contribution in [1.29, 1.82) is 0 Å². The average molecular weight is 548 g/mol. The van der Waals surface area contributed by atoms with Gasteiger partial charge in [0, 0.05) is 42.9 Å². The number of carbonyl (C=O) groups is 2. The SMILES string of the molecule is C=C1CC(Nc2nccc(-c3ccc(C(=O)N4C[C@H](O)C[C@H]4C(=O)OCc4ccccc4)s3)n2)CC(C)(C)N1. The number of nitrogens with one attached hydrogen (secondary N) is 2. The van der Waals surface area contributed by atoms with Gasteiger partial charge in [0.2, 0.25) is 5.95 Å². The van der Waals surface area contributed by atoms with Gasteiger partial charge in [-0.15, -0.1) is 11.3 Å². The number of anilines is 1. The molecular weight excluding hydrogens is 514 g/mol. The summed E-state index contributed by atoms with van der Waals surface area (Å²) in [5.74, 6) is -0.309. The number of esters is 1. The lowest BCUT2D eigenvalue weighted by molar-refractivity contribution is -0.149. The number of amides is 1. The Kier molecular flexibility index (Phi) is 7.67. The normalized spacial score (nSPS) is 22.3. The maximum atomic E-state index is 13.4. The van der Waals surface area contributed by atoms with Crippen LogP contribution < -0.4 is 10.6 Å². The van der Waals surface area contributed by atoms with Gasteiger partial charge in [-0.2, -0.15) is 0 Å². The third-order valence-electron chi connectivity index (χ3n) is 6.86. The summed E-state index contributed by atoms with van der Waals surface area (Å²) in [4.78, 5) is 38.0. The smallest absolute Gasteiger partial charge is 0.329 e. The molecule has 1 amide bonds. The van der Waals surface area contributed by atoms with Gasteiger partial charge in [0.15, 0.2) is 0 Å². The van der Waals surface area contributed by atoms with Crippen LogP contribution in [0.15, 0.2) is 67.0 Å². The predicted octanol–water partition coefficient (Wildman–Crippen LogP) is 3.98. The predicted molar refractivity (Wildman–Crippen MR) is 150 cm³/mol. The highest BCUT2D eigenvalue weighted by atomic mass is 32.1. The van der Waals surface area contributed by atoms with E-state index in [-0.39, 0.29) is 37.1 Å². The van der Waals surface area contributed by atoms with Crippen LogP contribution in [-0.2, 0) is 16.1 Å². The Morgan fingerprint density at radius 1 is 1.23 bits per heavy atom. The number of rotatable bonds is 7. The van der Waals surface area contributed by atoms with Crippen molar-refractivity contribution in [2.24, 2.45) is 0 Å². The van der Waals surface area contributed by atoms with E-state index in [2.05, 4.69) is 41.0 Å². The van der Waals surface area contributed by atoms with Crippen molar-refractivity contribution in [2.75, 3.05) is 11.9 Å². The fraction of sp³-hybridized carbons (Fsp3) is 0.379. The molecule has 0 radical (unpaired) electrons. The number of thiophene rings is 1. The fourth-order valence-electron chi connectivity index (χ4n) is 5.23. The minimum absolute atomic E-state index is 0.0669. The highest BCUT2D eigenvalue weighted by molar-refractivity contribution is 7.17. The summed E-state index contributed by atoms with van der Waals surface area (Å²) < 4.78 is 5.47. The van der Waals surface area contributed by atoms with E-state index in [0.29, 0.717) is 16.5 Å². The van der Waals surface area contributed by atoms with E-state index in [1.165, 1.54) is 16.2 Å². The van der Waals surface area contributed by atoms with Crippen molar-refractivity contribution in [3.63, 3.8) is 0 Å². The van der Waals surface area contributed by atoms with Gasteiger partial charge in [0.25, 0.3) is 5.91 Å². The molecular formula is C29H33N5O4S. The quantitative estimate of drug-likeness (QED) is 0.381. The Morgan fingerprint density at radius 3 is 2.79 bits per heavy atom. The Morgan fingerprint density at radius 2 is 2.03 bits per heavy atom. The van der Waals surface area contributed by atoms with Crippen LogP contribution in [0.1, 0.15) is 48.3 Å². The largest absolute Gasteiger partial charge is 0.459 e. The number of ether oxygens (including phenoxy) is 1. The monoisotopic (exact) mass is 547 g/mol. The molecule has 9 nitrogen and oxygen atoms in total. The lowest BCUT2D eigenvalue weighted by atomic mass is 9.88. The van der Waals surface area contributed by atoms with E-state index in [1.54, 1.807) is 18.3 Å². The summed E-state index contributed by atoms with van der Waals surface area (Å²) in [6.07, 6.45) is 2.74. The number of piperidine rings is 1. The number of likely N-dealkylation sites (tertiary alicyclic amines) is 1. The lowest BCUT2D eigenvalue weighted by Gasteiger charge is -2.38. The van der Waals surface area contributed by atoms with Crippen molar-refractivity contribution in [1.82, 2.24) is 20.2 Å². The van der Waals surface area contributed by atoms with Crippen LogP contribution in [0.2, 0.25) is 0 Å². The van der Waals surface area contributed by atoms with E-state index in [4.69, 9.17) is 4.74 Å². The molecule has 3 atom stereocenters. The molecule has 2 fully saturated rings. The molecule has 4 heterocycles. The van der Waals surface area contributed by atoms with Gasteiger partial charge in [-0.1, -0.05) is 36.9 Å². The molecule has 0 aliphatic carbocycles. The zero-order chi connectivity index (χ0) is 27.6. The summed E-state index contributed by atoms with van der Waals surface area (Å²) in [7, 11) is 0. The van der Waals surface area contributed by atoms with E-state index < -0.39 is 18.1 Å². The van der Waals surface area contributed by atoms with Crippen LogP contribution >= 0.6 is 11.3 Å². The van der Waals surface area contributed by atoms with Crippen LogP contribution in [0.3, 0.4) is 0 Å². The zero-order valence-electron chi connectivity index (χ0n) is 22.1. The van der Waals surface area contributed by atoms with Gasteiger partial charge < -0.3 is 25.4 Å². The Balaban J connectivity index is 1.26. The van der Waals surface area contributed by atoms with Crippen molar-refractivity contribution in [3.05, 3.63) is 77.4 Å². The highest BCUT2D eigenvalue weighted by Gasteiger charge is 2.40. The standard InChI is InChI=1S/C29H33N5O4S/c1-18-13-20(15-29(2,3)33-18)31-28-30-12-11-22(32-28)24-9-10-25(39-24)26(36)34-16-21(35)14-23(34)27(37)38-17-19-7-5-4-6-8-19/h4-12,20-21,23,33,35H,1,13-17H2,2-3H3,(H,30,31,32)/t20?,21-,23+/m1/s1. The lowest BCUT2D eigenvalue weighted by Crippen LogP contribution is -2.48. The maximum absolute atomic E-state index is 13.4. The van der Waals surface area contributed by atoms with E-state index >= 15 is 0 Å². The maximum Gasteiger partial charge on any atom is 0.329 e. The molecule has 39 heavy (non-hydrogen) atoms. The summed E-state index contributed by atoms with van der Waals surface area (Å²) in [6, 6.07) is 14.1.